The Kier molecular flexibility index (Phi) is 3.95. The van der Waals surface area contributed by atoms with E-state index >= 15 is 0 Å². The van der Waals surface area contributed by atoms with Crippen molar-refractivity contribution in [1.82, 2.24) is 10.2 Å². The fourth-order valence-electron chi connectivity index (χ4n) is 4.40. The second-order valence-corrected chi connectivity index (χ2v) is 7.37. The Morgan fingerprint density at radius 3 is 2.95 bits per heavy atom. The summed E-state index contributed by atoms with van der Waals surface area (Å²) in [6.45, 7) is 3.68. The lowest BCUT2D eigenvalue weighted by Crippen LogP contribution is -2.62. The number of nitrogens with two attached hydrogens (primary N) is 1. The zero-order chi connectivity index (χ0) is 15.0. The maximum absolute atomic E-state index is 12.9. The average Bonchev–Trinajstić information content (AvgIpc) is 2.45. The molecule has 0 bridgehead atoms. The predicted octanol–water partition coefficient (Wildman–Crippen LogP) is 1.02. The molecular formula is C16H27N3O2. The monoisotopic (exact) mass is 293 g/mol. The van der Waals surface area contributed by atoms with Crippen molar-refractivity contribution < 1.29 is 9.59 Å². The Hall–Kier alpha value is -1.10. The lowest BCUT2D eigenvalue weighted by Gasteiger charge is -2.45. The van der Waals surface area contributed by atoms with Crippen molar-refractivity contribution in [3.63, 3.8) is 0 Å². The molecule has 2 heterocycles. The minimum Gasteiger partial charge on any atom is -0.353 e. The number of fused-ring (bicyclic) bond motifs is 1. The Labute approximate surface area is 126 Å². The molecule has 4 atom stereocenters. The number of carbonyl (C=O) groups is 2. The van der Waals surface area contributed by atoms with Crippen LogP contribution in [-0.2, 0) is 9.59 Å². The zero-order valence-corrected chi connectivity index (χ0v) is 12.9. The minimum absolute atomic E-state index is 0.143. The molecule has 0 aromatic carbocycles. The Morgan fingerprint density at radius 2 is 2.19 bits per heavy atom. The molecule has 4 unspecified atom stereocenters. The molecule has 2 aliphatic heterocycles. The first-order valence-corrected chi connectivity index (χ1v) is 8.35. The van der Waals surface area contributed by atoms with Crippen molar-refractivity contribution in [3.05, 3.63) is 0 Å². The number of nitrogens with one attached hydrogen (secondary N) is 1. The molecule has 118 valence electrons. The summed E-state index contributed by atoms with van der Waals surface area (Å²) in [5.41, 5.74) is 5.80. The Balaban J connectivity index is 1.65. The van der Waals surface area contributed by atoms with Gasteiger partial charge in [-0.2, -0.15) is 0 Å². The molecular weight excluding hydrogens is 266 g/mol. The summed E-state index contributed by atoms with van der Waals surface area (Å²) in [4.78, 5) is 26.3. The van der Waals surface area contributed by atoms with Crippen LogP contribution in [0.25, 0.3) is 0 Å². The Bertz CT molecular complexity index is 439. The highest BCUT2D eigenvalue weighted by Gasteiger charge is 2.43. The molecule has 2 amide bonds. The third-order valence-electron chi connectivity index (χ3n) is 5.57. The SMILES string of the molecule is CC1CCCC(N)(C(=O)N2CCC3NC(=O)CCC3C2)C1. The molecule has 5 nitrogen and oxygen atoms in total. The normalized spacial score (nSPS) is 40.4. The van der Waals surface area contributed by atoms with Crippen LogP contribution in [0.2, 0.25) is 0 Å². The van der Waals surface area contributed by atoms with Crippen molar-refractivity contribution in [3.8, 4) is 0 Å². The highest BCUT2D eigenvalue weighted by atomic mass is 16.2. The number of amides is 2. The highest BCUT2D eigenvalue weighted by molar-refractivity contribution is 5.86. The van der Waals surface area contributed by atoms with Gasteiger partial charge < -0.3 is 16.0 Å². The summed E-state index contributed by atoms with van der Waals surface area (Å²) in [6.07, 6.45) is 6.23. The van der Waals surface area contributed by atoms with E-state index in [9.17, 15) is 9.59 Å². The third-order valence-corrected chi connectivity index (χ3v) is 5.57. The number of carbonyl (C=O) groups excluding carboxylic acids is 2. The maximum Gasteiger partial charge on any atom is 0.242 e. The van der Waals surface area contributed by atoms with Crippen LogP contribution in [0.5, 0.6) is 0 Å². The van der Waals surface area contributed by atoms with Gasteiger partial charge in [0.1, 0.15) is 0 Å². The molecule has 3 rings (SSSR count). The molecule has 0 spiro atoms. The van der Waals surface area contributed by atoms with E-state index in [0.717, 1.165) is 45.2 Å². The number of hydrogen-bond acceptors (Lipinski definition) is 3. The molecule has 0 radical (unpaired) electrons. The van der Waals surface area contributed by atoms with E-state index in [1.54, 1.807) is 0 Å². The van der Waals surface area contributed by atoms with Gasteiger partial charge in [0, 0.05) is 25.6 Å². The van der Waals surface area contributed by atoms with Crippen molar-refractivity contribution >= 4 is 11.8 Å². The summed E-state index contributed by atoms with van der Waals surface area (Å²) in [5, 5.41) is 3.07. The zero-order valence-electron chi connectivity index (χ0n) is 12.9. The number of likely N-dealkylation sites (tertiary alicyclic amines) is 1. The number of hydrogen-bond donors (Lipinski definition) is 2. The average molecular weight is 293 g/mol. The van der Waals surface area contributed by atoms with Gasteiger partial charge in [-0.25, -0.2) is 0 Å². The highest BCUT2D eigenvalue weighted by Crippen LogP contribution is 2.34. The van der Waals surface area contributed by atoms with Crippen molar-refractivity contribution in [2.75, 3.05) is 13.1 Å². The van der Waals surface area contributed by atoms with Crippen LogP contribution in [0, 0.1) is 11.8 Å². The van der Waals surface area contributed by atoms with E-state index < -0.39 is 5.54 Å². The first kappa shape index (κ1) is 14.8. The second kappa shape index (κ2) is 5.59. The molecule has 3 aliphatic rings. The van der Waals surface area contributed by atoms with Gasteiger partial charge in [0.25, 0.3) is 0 Å². The number of piperidine rings is 2. The van der Waals surface area contributed by atoms with Gasteiger partial charge in [0.15, 0.2) is 0 Å². The molecule has 1 saturated carbocycles. The van der Waals surface area contributed by atoms with E-state index in [2.05, 4.69) is 12.2 Å². The van der Waals surface area contributed by atoms with Gasteiger partial charge in [-0.05, 0) is 37.5 Å². The molecule has 3 fully saturated rings. The summed E-state index contributed by atoms with van der Waals surface area (Å²) in [5.74, 6) is 1.25. The van der Waals surface area contributed by atoms with Crippen molar-refractivity contribution in [2.24, 2.45) is 17.6 Å². The van der Waals surface area contributed by atoms with E-state index in [4.69, 9.17) is 5.73 Å². The number of rotatable bonds is 1. The predicted molar refractivity (Wildman–Crippen MR) is 80.4 cm³/mol. The molecule has 5 heteroatoms. The topological polar surface area (TPSA) is 75.4 Å². The minimum atomic E-state index is -0.650. The van der Waals surface area contributed by atoms with Crippen LogP contribution in [0.15, 0.2) is 0 Å². The lowest BCUT2D eigenvalue weighted by atomic mass is 9.75. The van der Waals surface area contributed by atoms with Crippen LogP contribution in [0.3, 0.4) is 0 Å². The van der Waals surface area contributed by atoms with Gasteiger partial charge in [-0.1, -0.05) is 19.8 Å². The van der Waals surface area contributed by atoms with Crippen LogP contribution >= 0.6 is 0 Å². The molecule has 0 aromatic rings. The third kappa shape index (κ3) is 2.93. The quantitative estimate of drug-likeness (QED) is 0.758. The molecule has 2 saturated heterocycles. The lowest BCUT2D eigenvalue weighted by molar-refractivity contribution is -0.142. The van der Waals surface area contributed by atoms with Gasteiger partial charge in [-0.15, -0.1) is 0 Å². The molecule has 1 aliphatic carbocycles. The molecule has 3 N–H and O–H groups in total. The summed E-state index contributed by atoms with van der Waals surface area (Å²) < 4.78 is 0. The van der Waals surface area contributed by atoms with Crippen LogP contribution in [0.1, 0.15) is 51.9 Å². The summed E-state index contributed by atoms with van der Waals surface area (Å²) in [7, 11) is 0. The summed E-state index contributed by atoms with van der Waals surface area (Å²) >= 11 is 0. The van der Waals surface area contributed by atoms with Crippen molar-refractivity contribution in [2.45, 2.75) is 63.5 Å². The second-order valence-electron chi connectivity index (χ2n) is 7.37. The van der Waals surface area contributed by atoms with E-state index in [-0.39, 0.29) is 17.9 Å². The Morgan fingerprint density at radius 1 is 1.38 bits per heavy atom. The van der Waals surface area contributed by atoms with Gasteiger partial charge in [0.05, 0.1) is 5.54 Å². The fourth-order valence-corrected chi connectivity index (χ4v) is 4.40. The maximum atomic E-state index is 12.9. The largest absolute Gasteiger partial charge is 0.353 e. The number of nitrogens with zero attached hydrogens (tertiary/aromatic N) is 1. The van der Waals surface area contributed by atoms with E-state index in [1.165, 1.54) is 6.42 Å². The van der Waals surface area contributed by atoms with Crippen LogP contribution in [0.4, 0.5) is 0 Å². The first-order chi connectivity index (χ1) is 9.98. The van der Waals surface area contributed by atoms with Crippen LogP contribution < -0.4 is 11.1 Å². The first-order valence-electron chi connectivity index (χ1n) is 8.35. The van der Waals surface area contributed by atoms with Gasteiger partial charge >= 0.3 is 0 Å². The van der Waals surface area contributed by atoms with E-state index in [1.807, 2.05) is 4.90 Å². The van der Waals surface area contributed by atoms with Crippen molar-refractivity contribution in [1.29, 1.82) is 0 Å². The molecule has 21 heavy (non-hydrogen) atoms. The standard InChI is InChI=1S/C16H27N3O2/c1-11-3-2-7-16(17,9-11)15(21)19-8-6-13-12(10-19)4-5-14(20)18-13/h11-13H,2-10,17H2,1H3,(H,18,20). The molecule has 0 aromatic heterocycles. The summed E-state index contributed by atoms with van der Waals surface area (Å²) in [6, 6.07) is 0.259. The fraction of sp³-hybridized carbons (Fsp3) is 0.875. The van der Waals surface area contributed by atoms with E-state index in [0.29, 0.717) is 18.3 Å². The van der Waals surface area contributed by atoms with Gasteiger partial charge in [0.2, 0.25) is 11.8 Å². The van der Waals surface area contributed by atoms with Crippen LogP contribution in [-0.4, -0.2) is 41.4 Å². The smallest absolute Gasteiger partial charge is 0.242 e. The van der Waals surface area contributed by atoms with Gasteiger partial charge in [-0.3, -0.25) is 9.59 Å².